The lowest BCUT2D eigenvalue weighted by atomic mass is 10.1. The monoisotopic (exact) mass is 259 g/mol. The van der Waals surface area contributed by atoms with Gasteiger partial charge >= 0.3 is 0 Å². The molecule has 2 rings (SSSR count). The first-order chi connectivity index (χ1) is 8.06. The van der Waals surface area contributed by atoms with Gasteiger partial charge in [0.1, 0.15) is 0 Å². The zero-order valence-electron chi connectivity index (χ0n) is 9.58. The predicted molar refractivity (Wildman–Crippen MR) is 64.1 cm³/mol. The van der Waals surface area contributed by atoms with Gasteiger partial charge < -0.3 is 5.32 Å². The molecule has 2 nitrogen and oxygen atoms in total. The molecule has 1 heterocycles. The Balaban J connectivity index is 2.20. The molecule has 1 aromatic carbocycles. The Bertz CT molecular complexity index is 439. The highest BCUT2D eigenvalue weighted by Gasteiger charge is 2.22. The molecule has 1 aromatic rings. The summed E-state index contributed by atoms with van der Waals surface area (Å²) in [4.78, 5) is 0. The summed E-state index contributed by atoms with van der Waals surface area (Å²) in [6, 6.07) is 3.68. The van der Waals surface area contributed by atoms with Crippen molar-refractivity contribution in [3.8, 4) is 0 Å². The highest BCUT2D eigenvalue weighted by Crippen LogP contribution is 2.20. The van der Waals surface area contributed by atoms with Gasteiger partial charge in [-0.1, -0.05) is 13.0 Å². The van der Waals surface area contributed by atoms with E-state index in [2.05, 4.69) is 5.32 Å². The average molecular weight is 259 g/mol. The number of rotatable bonds is 1. The fraction of sp³-hybridized carbons (Fsp3) is 0.500. The summed E-state index contributed by atoms with van der Waals surface area (Å²) in [5.41, 5.74) is 0.659. The van der Waals surface area contributed by atoms with Gasteiger partial charge in [-0.25, -0.2) is 8.78 Å². The molecule has 1 saturated heterocycles. The van der Waals surface area contributed by atoms with E-state index >= 15 is 0 Å². The largest absolute Gasteiger partial charge is 0.309 e. The van der Waals surface area contributed by atoms with Crippen LogP contribution in [0, 0.1) is 17.6 Å². The fourth-order valence-electron chi connectivity index (χ4n) is 1.98. The number of benzene rings is 1. The van der Waals surface area contributed by atoms with E-state index in [4.69, 9.17) is 0 Å². The van der Waals surface area contributed by atoms with Gasteiger partial charge in [0, 0.05) is 28.3 Å². The minimum Gasteiger partial charge on any atom is -0.309 e. The van der Waals surface area contributed by atoms with E-state index in [-0.39, 0.29) is 6.04 Å². The molecule has 0 saturated carbocycles. The van der Waals surface area contributed by atoms with Crippen molar-refractivity contribution in [2.45, 2.75) is 13.0 Å². The minimum atomic E-state index is -0.909. The molecule has 0 spiro atoms. The third-order valence-electron chi connectivity index (χ3n) is 2.88. The zero-order chi connectivity index (χ0) is 12.4. The van der Waals surface area contributed by atoms with Crippen LogP contribution in [0.3, 0.4) is 0 Å². The van der Waals surface area contributed by atoms with Crippen molar-refractivity contribution in [2.24, 2.45) is 5.92 Å². The van der Waals surface area contributed by atoms with Crippen LogP contribution >= 0.6 is 0 Å². The molecule has 0 radical (unpaired) electrons. The van der Waals surface area contributed by atoms with Gasteiger partial charge in [-0.2, -0.15) is 0 Å². The number of hydrogen-bond donors (Lipinski definition) is 1. The quantitative estimate of drug-likeness (QED) is 0.835. The number of hydrogen-bond acceptors (Lipinski definition) is 2. The first kappa shape index (κ1) is 12.6. The van der Waals surface area contributed by atoms with Crippen molar-refractivity contribution in [1.29, 1.82) is 0 Å². The van der Waals surface area contributed by atoms with Crippen LogP contribution in [0.25, 0.3) is 0 Å². The Morgan fingerprint density at radius 2 is 2.06 bits per heavy atom. The molecule has 17 heavy (non-hydrogen) atoms. The number of nitrogens with one attached hydrogen (secondary N) is 1. The van der Waals surface area contributed by atoms with Crippen LogP contribution in [0.2, 0.25) is 0 Å². The third-order valence-corrected chi connectivity index (χ3v) is 4.53. The van der Waals surface area contributed by atoms with Crippen LogP contribution in [-0.2, 0) is 10.8 Å². The minimum absolute atomic E-state index is 0.157. The Labute approximate surface area is 102 Å². The van der Waals surface area contributed by atoms with E-state index in [1.165, 1.54) is 6.07 Å². The molecule has 0 aliphatic carbocycles. The summed E-state index contributed by atoms with van der Waals surface area (Å²) in [5.74, 6) is -0.252. The van der Waals surface area contributed by atoms with Gasteiger partial charge in [0.2, 0.25) is 0 Å². The molecule has 5 heteroatoms. The van der Waals surface area contributed by atoms with E-state index in [1.807, 2.05) is 6.92 Å². The Morgan fingerprint density at radius 3 is 2.76 bits per heavy atom. The van der Waals surface area contributed by atoms with Crippen molar-refractivity contribution in [3.05, 3.63) is 35.4 Å². The summed E-state index contributed by atoms with van der Waals surface area (Å²) < 4.78 is 37.7. The molecule has 1 aliphatic rings. The first-order valence-corrected chi connectivity index (χ1v) is 7.08. The molecule has 3 atom stereocenters. The maximum absolute atomic E-state index is 13.1. The molecule has 3 unspecified atom stereocenters. The zero-order valence-corrected chi connectivity index (χ0v) is 10.4. The summed E-state index contributed by atoms with van der Waals surface area (Å²) in [6.45, 7) is 2.77. The molecule has 0 amide bonds. The van der Waals surface area contributed by atoms with Gasteiger partial charge in [-0.15, -0.1) is 0 Å². The molecule has 94 valence electrons. The highest BCUT2D eigenvalue weighted by atomic mass is 32.2. The van der Waals surface area contributed by atoms with Crippen LogP contribution in [0.5, 0.6) is 0 Å². The second-order valence-corrected chi connectivity index (χ2v) is 6.06. The van der Waals surface area contributed by atoms with Crippen molar-refractivity contribution < 1.29 is 13.0 Å². The van der Waals surface area contributed by atoms with Crippen molar-refractivity contribution in [2.75, 3.05) is 18.1 Å². The second-order valence-electron chi connectivity index (χ2n) is 4.51. The van der Waals surface area contributed by atoms with Crippen LogP contribution in [0.4, 0.5) is 8.78 Å². The summed E-state index contributed by atoms with van der Waals surface area (Å²) in [6.07, 6.45) is 0. The fourth-order valence-corrected chi connectivity index (χ4v) is 3.55. The van der Waals surface area contributed by atoms with Gasteiger partial charge in [0.05, 0.1) is 0 Å². The standard InChI is InChI=1S/C12H15F2NOS/c1-8-5-15-12(7-17(16)6-8)9-2-3-10(13)11(14)4-9/h2-4,8,12,15H,5-7H2,1H3. The third kappa shape index (κ3) is 3.10. The molecule has 0 bridgehead atoms. The normalized spacial score (nSPS) is 29.9. The predicted octanol–water partition coefficient (Wildman–Crippen LogP) is 1.99. The maximum Gasteiger partial charge on any atom is 0.159 e. The van der Waals surface area contributed by atoms with Crippen molar-refractivity contribution in [1.82, 2.24) is 5.32 Å². The average Bonchev–Trinajstić information content (AvgIpc) is 2.43. The van der Waals surface area contributed by atoms with Crippen LogP contribution < -0.4 is 5.32 Å². The Kier molecular flexibility index (Phi) is 3.89. The highest BCUT2D eigenvalue weighted by molar-refractivity contribution is 7.85. The topological polar surface area (TPSA) is 29.1 Å². The summed E-state index contributed by atoms with van der Waals surface area (Å²) in [7, 11) is -0.909. The molecule has 1 N–H and O–H groups in total. The van der Waals surface area contributed by atoms with Gasteiger partial charge in [-0.3, -0.25) is 4.21 Å². The summed E-state index contributed by atoms with van der Waals surface area (Å²) >= 11 is 0. The van der Waals surface area contributed by atoms with Crippen molar-refractivity contribution in [3.63, 3.8) is 0 Å². The van der Waals surface area contributed by atoms with E-state index < -0.39 is 22.4 Å². The van der Waals surface area contributed by atoms with Crippen LogP contribution in [0.15, 0.2) is 18.2 Å². The molecular weight excluding hydrogens is 244 g/mol. The van der Waals surface area contributed by atoms with E-state index in [0.29, 0.717) is 23.0 Å². The van der Waals surface area contributed by atoms with Gasteiger partial charge in [0.15, 0.2) is 11.6 Å². The van der Waals surface area contributed by atoms with Crippen LogP contribution in [-0.4, -0.2) is 22.3 Å². The Hall–Kier alpha value is -0.810. The Morgan fingerprint density at radius 1 is 1.29 bits per heavy atom. The summed E-state index contributed by atoms with van der Waals surface area (Å²) in [5, 5.41) is 3.24. The van der Waals surface area contributed by atoms with E-state index in [1.54, 1.807) is 6.07 Å². The second kappa shape index (κ2) is 5.23. The molecule has 0 aromatic heterocycles. The lowest BCUT2D eigenvalue weighted by Gasteiger charge is -2.16. The van der Waals surface area contributed by atoms with Gasteiger partial charge in [0.25, 0.3) is 0 Å². The number of halogens is 2. The molecule has 1 aliphatic heterocycles. The van der Waals surface area contributed by atoms with Crippen molar-refractivity contribution >= 4 is 10.8 Å². The maximum atomic E-state index is 13.1. The lowest BCUT2D eigenvalue weighted by molar-refractivity contribution is 0.493. The smallest absolute Gasteiger partial charge is 0.159 e. The SMILES string of the molecule is CC1CNC(c2ccc(F)c(F)c2)CS(=O)C1. The molecule has 1 fully saturated rings. The van der Waals surface area contributed by atoms with Gasteiger partial charge in [-0.05, 0) is 30.2 Å². The van der Waals surface area contributed by atoms with E-state index in [9.17, 15) is 13.0 Å². The lowest BCUT2D eigenvalue weighted by Crippen LogP contribution is -2.26. The van der Waals surface area contributed by atoms with E-state index in [0.717, 1.165) is 12.6 Å². The van der Waals surface area contributed by atoms with Crippen LogP contribution in [0.1, 0.15) is 18.5 Å². The molecular formula is C12H15F2NOS. The first-order valence-electron chi connectivity index (χ1n) is 5.59.